The Morgan fingerprint density at radius 2 is 2.47 bits per heavy atom. The molecule has 2 heterocycles. The average Bonchev–Trinajstić information content (AvgIpc) is 2.86. The maximum absolute atomic E-state index is 12.1. The van der Waals surface area contributed by atoms with Gasteiger partial charge in [0.15, 0.2) is 0 Å². The minimum atomic E-state index is -0.175. The van der Waals surface area contributed by atoms with Crippen LogP contribution in [0.15, 0.2) is 18.3 Å². The van der Waals surface area contributed by atoms with Crippen LogP contribution in [0.3, 0.4) is 0 Å². The molecule has 5 nitrogen and oxygen atoms in total. The molecule has 1 aromatic heterocycles. The predicted molar refractivity (Wildman–Crippen MR) is 60.1 cm³/mol. The minimum Gasteiger partial charge on any atom is -0.394 e. The number of amides is 1. The van der Waals surface area contributed by atoms with Gasteiger partial charge < -0.3 is 10.0 Å². The van der Waals surface area contributed by atoms with Gasteiger partial charge in [0.1, 0.15) is 11.8 Å². The van der Waals surface area contributed by atoms with Crippen LogP contribution in [0.25, 0.3) is 0 Å². The van der Waals surface area contributed by atoms with Gasteiger partial charge >= 0.3 is 0 Å². The van der Waals surface area contributed by atoms with E-state index in [0.717, 1.165) is 12.8 Å². The van der Waals surface area contributed by atoms with E-state index in [9.17, 15) is 4.79 Å². The summed E-state index contributed by atoms with van der Waals surface area (Å²) in [4.78, 5) is 17.7. The van der Waals surface area contributed by atoms with Crippen molar-refractivity contribution in [1.29, 1.82) is 5.26 Å². The van der Waals surface area contributed by atoms with Gasteiger partial charge in [-0.2, -0.15) is 5.26 Å². The lowest BCUT2D eigenvalue weighted by molar-refractivity contribution is 0.0672. The summed E-state index contributed by atoms with van der Waals surface area (Å²) in [5, 5.41) is 17.8. The number of nitriles is 1. The van der Waals surface area contributed by atoms with Crippen LogP contribution in [0, 0.1) is 11.3 Å². The first-order chi connectivity index (χ1) is 8.26. The summed E-state index contributed by atoms with van der Waals surface area (Å²) in [6.45, 7) is 0.647. The second-order valence-corrected chi connectivity index (χ2v) is 4.02. The molecule has 0 unspecified atom stereocenters. The van der Waals surface area contributed by atoms with Gasteiger partial charge in [-0.1, -0.05) is 0 Å². The minimum absolute atomic E-state index is 0.0119. The fourth-order valence-corrected chi connectivity index (χ4v) is 2.03. The van der Waals surface area contributed by atoms with Crippen LogP contribution in [0.4, 0.5) is 0 Å². The maximum atomic E-state index is 12.1. The highest BCUT2D eigenvalue weighted by molar-refractivity contribution is 5.92. The van der Waals surface area contributed by atoms with E-state index < -0.39 is 0 Å². The van der Waals surface area contributed by atoms with Gasteiger partial charge in [-0.05, 0) is 25.0 Å². The smallest absolute Gasteiger partial charge is 0.272 e. The van der Waals surface area contributed by atoms with E-state index in [1.807, 2.05) is 6.07 Å². The molecule has 1 fully saturated rings. The third-order valence-electron chi connectivity index (χ3n) is 2.96. The van der Waals surface area contributed by atoms with Crippen LogP contribution in [0.2, 0.25) is 0 Å². The van der Waals surface area contributed by atoms with Gasteiger partial charge in [0, 0.05) is 12.7 Å². The van der Waals surface area contributed by atoms with Crippen molar-refractivity contribution >= 4 is 5.91 Å². The van der Waals surface area contributed by atoms with E-state index >= 15 is 0 Å². The Hall–Kier alpha value is -1.93. The normalized spacial score (nSPS) is 19.1. The van der Waals surface area contributed by atoms with Crippen LogP contribution in [-0.4, -0.2) is 40.1 Å². The third kappa shape index (κ3) is 2.27. The van der Waals surface area contributed by atoms with Gasteiger partial charge in [-0.15, -0.1) is 0 Å². The highest BCUT2D eigenvalue weighted by Gasteiger charge is 2.29. The van der Waals surface area contributed by atoms with E-state index in [0.29, 0.717) is 17.8 Å². The number of aliphatic hydroxyl groups excluding tert-OH is 1. The molecule has 5 heteroatoms. The van der Waals surface area contributed by atoms with Gasteiger partial charge in [0.2, 0.25) is 0 Å². The average molecular weight is 231 g/mol. The second kappa shape index (κ2) is 4.93. The number of nitrogens with zero attached hydrogens (tertiary/aromatic N) is 3. The SMILES string of the molecule is N#Cc1ccc(C(=O)N2CCC[C@H]2CO)nc1. The molecule has 2 rings (SSSR count). The highest BCUT2D eigenvalue weighted by Crippen LogP contribution is 2.18. The summed E-state index contributed by atoms with van der Waals surface area (Å²) in [5.74, 6) is -0.175. The molecule has 17 heavy (non-hydrogen) atoms. The summed E-state index contributed by atoms with van der Waals surface area (Å²) >= 11 is 0. The zero-order valence-corrected chi connectivity index (χ0v) is 9.33. The molecular weight excluding hydrogens is 218 g/mol. The molecular formula is C12H13N3O2. The molecule has 1 aromatic rings. The number of carbonyl (C=O) groups is 1. The molecule has 1 N–H and O–H groups in total. The number of carbonyl (C=O) groups excluding carboxylic acids is 1. The lowest BCUT2D eigenvalue weighted by Gasteiger charge is -2.22. The van der Waals surface area contributed by atoms with Crippen molar-refractivity contribution < 1.29 is 9.90 Å². The molecule has 1 amide bonds. The molecule has 88 valence electrons. The van der Waals surface area contributed by atoms with Crippen LogP contribution < -0.4 is 0 Å². The number of hydrogen-bond donors (Lipinski definition) is 1. The quantitative estimate of drug-likeness (QED) is 0.806. The Bertz CT molecular complexity index is 450. The number of rotatable bonds is 2. The molecule has 0 aromatic carbocycles. The Kier molecular flexibility index (Phi) is 3.35. The van der Waals surface area contributed by atoms with Crippen LogP contribution in [-0.2, 0) is 0 Å². The molecule has 0 aliphatic carbocycles. The van der Waals surface area contributed by atoms with E-state index in [1.165, 1.54) is 6.20 Å². The van der Waals surface area contributed by atoms with Gasteiger partial charge in [-0.25, -0.2) is 4.98 Å². The number of hydrogen-bond acceptors (Lipinski definition) is 4. The molecule has 0 spiro atoms. The van der Waals surface area contributed by atoms with E-state index in [-0.39, 0.29) is 18.6 Å². The first-order valence-corrected chi connectivity index (χ1v) is 5.54. The largest absolute Gasteiger partial charge is 0.394 e. The van der Waals surface area contributed by atoms with Gasteiger partial charge in [0.25, 0.3) is 5.91 Å². The fourth-order valence-electron chi connectivity index (χ4n) is 2.03. The fraction of sp³-hybridized carbons (Fsp3) is 0.417. The van der Waals surface area contributed by atoms with E-state index in [1.54, 1.807) is 17.0 Å². The van der Waals surface area contributed by atoms with E-state index in [2.05, 4.69) is 4.98 Å². The summed E-state index contributed by atoms with van der Waals surface area (Å²) in [6, 6.07) is 4.98. The van der Waals surface area contributed by atoms with Crippen molar-refractivity contribution in [3.63, 3.8) is 0 Å². The molecule has 0 bridgehead atoms. The molecule has 1 aliphatic heterocycles. The lowest BCUT2D eigenvalue weighted by atomic mass is 10.2. The Labute approximate surface area is 99.3 Å². The summed E-state index contributed by atoms with van der Waals surface area (Å²) in [5.41, 5.74) is 0.756. The monoisotopic (exact) mass is 231 g/mol. The number of aromatic nitrogens is 1. The van der Waals surface area contributed by atoms with Gasteiger partial charge in [0.05, 0.1) is 18.2 Å². The zero-order chi connectivity index (χ0) is 12.3. The van der Waals surface area contributed by atoms with Crippen molar-refractivity contribution in [3.05, 3.63) is 29.6 Å². The maximum Gasteiger partial charge on any atom is 0.272 e. The zero-order valence-electron chi connectivity index (χ0n) is 9.33. The highest BCUT2D eigenvalue weighted by atomic mass is 16.3. The Balaban J connectivity index is 2.16. The van der Waals surface area contributed by atoms with Crippen LogP contribution >= 0.6 is 0 Å². The lowest BCUT2D eigenvalue weighted by Crippen LogP contribution is -2.38. The number of aliphatic hydroxyl groups is 1. The molecule has 1 atom stereocenters. The Morgan fingerprint density at radius 3 is 3.06 bits per heavy atom. The van der Waals surface area contributed by atoms with Crippen molar-refractivity contribution in [2.45, 2.75) is 18.9 Å². The summed E-state index contributed by atoms with van der Waals surface area (Å²) < 4.78 is 0. The number of likely N-dealkylation sites (tertiary alicyclic amines) is 1. The molecule has 0 saturated carbocycles. The van der Waals surface area contributed by atoms with E-state index in [4.69, 9.17) is 10.4 Å². The summed E-state index contributed by atoms with van der Waals surface area (Å²) in [7, 11) is 0. The first kappa shape index (κ1) is 11.6. The standard InChI is InChI=1S/C12H13N3O2/c13-6-9-3-4-11(14-7-9)12(17)15-5-1-2-10(15)8-16/h3-4,7,10,16H,1-2,5,8H2/t10-/m0/s1. The number of pyridine rings is 1. The molecule has 1 saturated heterocycles. The van der Waals surface area contributed by atoms with Crippen molar-refractivity contribution in [3.8, 4) is 6.07 Å². The second-order valence-electron chi connectivity index (χ2n) is 4.02. The van der Waals surface area contributed by atoms with Crippen molar-refractivity contribution in [1.82, 2.24) is 9.88 Å². The molecule has 1 aliphatic rings. The topological polar surface area (TPSA) is 77.2 Å². The van der Waals surface area contributed by atoms with Gasteiger partial charge in [-0.3, -0.25) is 4.79 Å². The van der Waals surface area contributed by atoms with Crippen LogP contribution in [0.5, 0.6) is 0 Å². The summed E-state index contributed by atoms with van der Waals surface area (Å²) in [6.07, 6.45) is 3.13. The third-order valence-corrected chi connectivity index (χ3v) is 2.96. The van der Waals surface area contributed by atoms with Crippen molar-refractivity contribution in [2.75, 3.05) is 13.2 Å². The van der Waals surface area contributed by atoms with Crippen molar-refractivity contribution in [2.24, 2.45) is 0 Å². The first-order valence-electron chi connectivity index (χ1n) is 5.54. The van der Waals surface area contributed by atoms with Crippen LogP contribution in [0.1, 0.15) is 28.9 Å². The molecule has 0 radical (unpaired) electrons. The predicted octanol–water partition coefficient (Wildman–Crippen LogP) is 0.550. The Morgan fingerprint density at radius 1 is 1.65 bits per heavy atom.